The molecule has 1 fully saturated rings. The van der Waals surface area contributed by atoms with E-state index < -0.39 is 15.8 Å². The summed E-state index contributed by atoms with van der Waals surface area (Å²) >= 11 is 2.96. The Morgan fingerprint density at radius 2 is 2.11 bits per heavy atom. The van der Waals surface area contributed by atoms with Gasteiger partial charge in [0.2, 0.25) is 10.0 Å². The van der Waals surface area contributed by atoms with Crippen molar-refractivity contribution in [1.29, 1.82) is 0 Å². The van der Waals surface area contributed by atoms with E-state index in [0.717, 1.165) is 18.9 Å². The van der Waals surface area contributed by atoms with E-state index in [9.17, 15) is 12.8 Å². The normalized spacial score (nSPS) is 17.7. The summed E-state index contributed by atoms with van der Waals surface area (Å²) in [5.74, 6) is -0.188. The first kappa shape index (κ1) is 13.8. The first-order chi connectivity index (χ1) is 8.31. The molecule has 0 heterocycles. The van der Waals surface area contributed by atoms with Gasteiger partial charge in [-0.15, -0.1) is 0 Å². The number of rotatable bonds is 4. The highest BCUT2D eigenvalue weighted by molar-refractivity contribution is 9.10. The molecule has 1 atom stereocenters. The minimum Gasteiger partial charge on any atom is -0.398 e. The van der Waals surface area contributed by atoms with Gasteiger partial charge in [-0.25, -0.2) is 17.5 Å². The third kappa shape index (κ3) is 2.84. The SMILES string of the molecule is CC(NS(=O)(=O)c1cc(Br)c(F)cc1N)C1CC1. The van der Waals surface area contributed by atoms with Gasteiger partial charge >= 0.3 is 0 Å². The average Bonchev–Trinajstić information content (AvgIpc) is 3.05. The summed E-state index contributed by atoms with van der Waals surface area (Å²) in [7, 11) is -3.71. The molecule has 0 bridgehead atoms. The first-order valence-corrected chi connectivity index (χ1v) is 7.85. The van der Waals surface area contributed by atoms with Crippen LogP contribution in [0.1, 0.15) is 19.8 Å². The largest absolute Gasteiger partial charge is 0.398 e. The molecule has 0 saturated heterocycles. The van der Waals surface area contributed by atoms with Crippen molar-refractivity contribution in [2.45, 2.75) is 30.7 Å². The van der Waals surface area contributed by atoms with Crippen molar-refractivity contribution in [3.8, 4) is 0 Å². The monoisotopic (exact) mass is 336 g/mol. The molecule has 18 heavy (non-hydrogen) atoms. The van der Waals surface area contributed by atoms with Crippen LogP contribution in [0.15, 0.2) is 21.5 Å². The number of nitrogens with one attached hydrogen (secondary N) is 1. The molecular formula is C11H14BrFN2O2S. The van der Waals surface area contributed by atoms with Crippen LogP contribution >= 0.6 is 15.9 Å². The van der Waals surface area contributed by atoms with Gasteiger partial charge in [0.25, 0.3) is 0 Å². The Hall–Kier alpha value is -0.660. The molecule has 100 valence electrons. The van der Waals surface area contributed by atoms with Crippen molar-refractivity contribution in [3.63, 3.8) is 0 Å². The maximum atomic E-state index is 13.2. The highest BCUT2D eigenvalue weighted by atomic mass is 79.9. The number of nitrogen functional groups attached to an aromatic ring is 1. The van der Waals surface area contributed by atoms with E-state index >= 15 is 0 Å². The topological polar surface area (TPSA) is 72.2 Å². The second-order valence-corrected chi connectivity index (χ2v) is 7.09. The minimum absolute atomic E-state index is 0.0798. The Labute approximate surface area is 114 Å². The summed E-state index contributed by atoms with van der Waals surface area (Å²) in [5, 5.41) is 0. The summed E-state index contributed by atoms with van der Waals surface area (Å²) in [4.78, 5) is -0.0942. The Morgan fingerprint density at radius 1 is 1.50 bits per heavy atom. The lowest BCUT2D eigenvalue weighted by Crippen LogP contribution is -2.34. The zero-order valence-corrected chi connectivity index (χ0v) is 12.2. The van der Waals surface area contributed by atoms with Crippen LogP contribution in [0.5, 0.6) is 0 Å². The third-order valence-corrected chi connectivity index (χ3v) is 5.23. The Morgan fingerprint density at radius 3 is 2.67 bits per heavy atom. The molecule has 4 nitrogen and oxygen atoms in total. The van der Waals surface area contributed by atoms with E-state index in [1.807, 2.05) is 6.92 Å². The van der Waals surface area contributed by atoms with Gasteiger partial charge in [-0.05, 0) is 53.7 Å². The summed E-state index contributed by atoms with van der Waals surface area (Å²) in [6.45, 7) is 1.82. The summed E-state index contributed by atoms with van der Waals surface area (Å²) < 4.78 is 40.1. The molecule has 0 amide bonds. The van der Waals surface area contributed by atoms with E-state index in [2.05, 4.69) is 20.7 Å². The van der Waals surface area contributed by atoms with Crippen LogP contribution in [0.3, 0.4) is 0 Å². The van der Waals surface area contributed by atoms with Crippen molar-refractivity contribution in [2.75, 3.05) is 5.73 Å². The predicted molar refractivity (Wildman–Crippen MR) is 71.0 cm³/mol. The highest BCUT2D eigenvalue weighted by Crippen LogP contribution is 2.33. The third-order valence-electron chi connectivity index (χ3n) is 3.01. The molecule has 1 aromatic rings. The molecule has 1 saturated carbocycles. The molecule has 0 radical (unpaired) electrons. The summed E-state index contributed by atoms with van der Waals surface area (Å²) in [5.41, 5.74) is 5.47. The molecule has 0 aromatic heterocycles. The zero-order valence-electron chi connectivity index (χ0n) is 9.78. The van der Waals surface area contributed by atoms with Crippen LogP contribution in [-0.4, -0.2) is 14.5 Å². The number of hydrogen-bond donors (Lipinski definition) is 2. The second-order valence-electron chi connectivity index (χ2n) is 4.55. The molecule has 1 unspecified atom stereocenters. The number of hydrogen-bond acceptors (Lipinski definition) is 3. The number of benzene rings is 1. The number of halogens is 2. The van der Waals surface area contributed by atoms with Crippen molar-refractivity contribution in [3.05, 3.63) is 22.4 Å². The van der Waals surface area contributed by atoms with Crippen molar-refractivity contribution in [2.24, 2.45) is 5.92 Å². The van der Waals surface area contributed by atoms with Crippen molar-refractivity contribution in [1.82, 2.24) is 4.72 Å². The molecule has 7 heteroatoms. The van der Waals surface area contributed by atoms with Gasteiger partial charge in [-0.2, -0.15) is 0 Å². The van der Waals surface area contributed by atoms with E-state index in [0.29, 0.717) is 5.92 Å². The van der Waals surface area contributed by atoms with Gasteiger partial charge in [0.05, 0.1) is 10.2 Å². The minimum atomic E-state index is -3.71. The summed E-state index contributed by atoms with van der Waals surface area (Å²) in [6.07, 6.45) is 2.07. The molecule has 0 aliphatic heterocycles. The molecule has 1 aliphatic rings. The molecule has 3 N–H and O–H groups in total. The van der Waals surface area contributed by atoms with Crippen molar-refractivity contribution >= 4 is 31.6 Å². The van der Waals surface area contributed by atoms with E-state index in [-0.39, 0.29) is 21.1 Å². The van der Waals surface area contributed by atoms with Crippen LogP contribution in [0.4, 0.5) is 10.1 Å². The van der Waals surface area contributed by atoms with Gasteiger partial charge < -0.3 is 5.73 Å². The number of sulfonamides is 1. The second kappa shape index (κ2) is 4.79. The lowest BCUT2D eigenvalue weighted by Gasteiger charge is -2.15. The molecule has 1 aromatic carbocycles. The molecule has 1 aliphatic carbocycles. The van der Waals surface area contributed by atoms with Gasteiger partial charge in [0, 0.05) is 6.04 Å². The van der Waals surface area contributed by atoms with Crippen LogP contribution < -0.4 is 10.5 Å². The maximum Gasteiger partial charge on any atom is 0.242 e. The van der Waals surface area contributed by atoms with Crippen LogP contribution in [0.2, 0.25) is 0 Å². The van der Waals surface area contributed by atoms with E-state index in [1.54, 1.807) is 0 Å². The molecular weight excluding hydrogens is 323 g/mol. The zero-order chi connectivity index (χ0) is 13.5. The van der Waals surface area contributed by atoms with Crippen LogP contribution in [-0.2, 0) is 10.0 Å². The Bertz CT molecular complexity index is 573. The standard InChI is InChI=1S/C11H14BrFN2O2S/c1-6(7-2-3-7)15-18(16,17)11-4-8(12)9(13)5-10(11)14/h4-7,15H,2-3,14H2,1H3. The van der Waals surface area contributed by atoms with Crippen LogP contribution in [0, 0.1) is 11.7 Å². The average molecular weight is 337 g/mol. The van der Waals surface area contributed by atoms with Gasteiger partial charge in [-0.3, -0.25) is 0 Å². The van der Waals surface area contributed by atoms with Gasteiger partial charge in [0.1, 0.15) is 10.7 Å². The van der Waals surface area contributed by atoms with E-state index in [4.69, 9.17) is 5.73 Å². The lowest BCUT2D eigenvalue weighted by atomic mass is 10.2. The fourth-order valence-electron chi connectivity index (χ4n) is 1.78. The predicted octanol–water partition coefficient (Wildman–Crippen LogP) is 2.25. The van der Waals surface area contributed by atoms with E-state index in [1.165, 1.54) is 6.07 Å². The number of nitrogens with two attached hydrogens (primary N) is 1. The Kier molecular flexibility index (Phi) is 3.66. The van der Waals surface area contributed by atoms with Crippen molar-refractivity contribution < 1.29 is 12.8 Å². The number of anilines is 1. The fraction of sp³-hybridized carbons (Fsp3) is 0.455. The smallest absolute Gasteiger partial charge is 0.242 e. The van der Waals surface area contributed by atoms with Crippen LogP contribution in [0.25, 0.3) is 0 Å². The van der Waals surface area contributed by atoms with Gasteiger partial charge in [0.15, 0.2) is 0 Å². The first-order valence-electron chi connectivity index (χ1n) is 5.58. The molecule has 2 rings (SSSR count). The lowest BCUT2D eigenvalue weighted by molar-refractivity contribution is 0.538. The maximum absolute atomic E-state index is 13.2. The highest BCUT2D eigenvalue weighted by Gasteiger charge is 2.32. The summed E-state index contributed by atoms with van der Waals surface area (Å²) in [6, 6.07) is 2.06. The fourth-order valence-corrected chi connectivity index (χ4v) is 3.72. The van der Waals surface area contributed by atoms with Gasteiger partial charge in [-0.1, -0.05) is 0 Å². The Balaban J connectivity index is 2.31. The molecule has 0 spiro atoms. The quantitative estimate of drug-likeness (QED) is 0.828.